The summed E-state index contributed by atoms with van der Waals surface area (Å²) in [7, 11) is 0. The molecule has 1 aromatic heterocycles. The Morgan fingerprint density at radius 1 is 1.37 bits per heavy atom. The number of halogens is 1. The molecule has 0 spiro atoms. The molecule has 5 heteroatoms. The van der Waals surface area contributed by atoms with Crippen molar-refractivity contribution in [3.63, 3.8) is 0 Å². The van der Waals surface area contributed by atoms with Crippen LogP contribution in [0.2, 0.25) is 0 Å². The van der Waals surface area contributed by atoms with E-state index in [1.165, 1.54) is 0 Å². The van der Waals surface area contributed by atoms with Crippen LogP contribution in [-0.2, 0) is 12.1 Å². The topological polar surface area (TPSA) is 50.9 Å². The van der Waals surface area contributed by atoms with Crippen molar-refractivity contribution < 1.29 is 5.11 Å². The molecule has 0 radical (unpaired) electrons. The minimum atomic E-state index is -1.05. The maximum atomic E-state index is 11.1. The van der Waals surface area contributed by atoms with E-state index < -0.39 is 5.60 Å². The fourth-order valence-corrected chi connectivity index (χ4v) is 2.63. The van der Waals surface area contributed by atoms with E-state index in [9.17, 15) is 5.11 Å². The summed E-state index contributed by atoms with van der Waals surface area (Å²) < 4.78 is 2.73. The maximum Gasteiger partial charge on any atom is 0.132 e. The van der Waals surface area contributed by atoms with Crippen LogP contribution in [0, 0.1) is 0 Å². The normalized spacial score (nSPS) is 14.3. The van der Waals surface area contributed by atoms with Gasteiger partial charge in [-0.25, -0.2) is 4.68 Å². The predicted molar refractivity (Wildman–Crippen MR) is 77.7 cm³/mol. The van der Waals surface area contributed by atoms with Gasteiger partial charge < -0.3 is 5.11 Å². The van der Waals surface area contributed by atoms with Gasteiger partial charge in [-0.1, -0.05) is 47.1 Å². The van der Waals surface area contributed by atoms with E-state index in [1.54, 1.807) is 10.9 Å². The Labute approximate surface area is 121 Å². The summed E-state index contributed by atoms with van der Waals surface area (Å²) in [5, 5.41) is 19.1. The third kappa shape index (κ3) is 2.72. The summed E-state index contributed by atoms with van der Waals surface area (Å²) >= 11 is 3.45. The second-order valence-electron chi connectivity index (χ2n) is 4.57. The van der Waals surface area contributed by atoms with Crippen molar-refractivity contribution in [1.29, 1.82) is 0 Å². The lowest BCUT2D eigenvalue weighted by molar-refractivity contribution is 0.0663. The van der Waals surface area contributed by atoms with Gasteiger partial charge in [-0.2, -0.15) is 0 Å². The molecule has 1 heterocycles. The highest BCUT2D eigenvalue weighted by atomic mass is 79.9. The van der Waals surface area contributed by atoms with Crippen LogP contribution in [0.4, 0.5) is 0 Å². The molecular formula is C14H18BrN3O. The standard InChI is InChI=1S/C14H18BrN3O/c1-3-8-18-13(10-16-17-18)14(19,4-2)11-6-5-7-12(15)9-11/h5-7,9-10,19H,3-4,8H2,1-2H3. The molecule has 0 bridgehead atoms. The zero-order valence-electron chi connectivity index (χ0n) is 11.2. The Balaban J connectivity index is 2.50. The van der Waals surface area contributed by atoms with Gasteiger partial charge in [0.25, 0.3) is 0 Å². The Morgan fingerprint density at radius 3 is 2.79 bits per heavy atom. The van der Waals surface area contributed by atoms with Gasteiger partial charge in [-0.05, 0) is 30.5 Å². The summed E-state index contributed by atoms with van der Waals surface area (Å²) in [5.74, 6) is 0. The van der Waals surface area contributed by atoms with Crippen molar-refractivity contribution in [2.45, 2.75) is 38.8 Å². The van der Waals surface area contributed by atoms with E-state index in [0.29, 0.717) is 6.42 Å². The number of aromatic nitrogens is 3. The summed E-state index contributed by atoms with van der Waals surface area (Å²) in [4.78, 5) is 0. The second-order valence-corrected chi connectivity index (χ2v) is 5.48. The Kier molecular flexibility index (Phi) is 4.37. The van der Waals surface area contributed by atoms with Crippen molar-refractivity contribution in [3.8, 4) is 0 Å². The smallest absolute Gasteiger partial charge is 0.132 e. The monoisotopic (exact) mass is 323 g/mol. The first-order valence-electron chi connectivity index (χ1n) is 6.49. The summed E-state index contributed by atoms with van der Waals surface area (Å²) in [5.41, 5.74) is 0.543. The molecule has 2 aromatic rings. The maximum absolute atomic E-state index is 11.1. The molecule has 0 amide bonds. The fourth-order valence-electron chi connectivity index (χ4n) is 2.23. The summed E-state index contributed by atoms with van der Waals surface area (Å²) in [6.45, 7) is 4.80. The minimum Gasteiger partial charge on any atom is -0.379 e. The van der Waals surface area contributed by atoms with Crippen molar-refractivity contribution in [2.24, 2.45) is 0 Å². The van der Waals surface area contributed by atoms with Crippen LogP contribution in [0.5, 0.6) is 0 Å². The number of rotatable bonds is 5. The van der Waals surface area contributed by atoms with Crippen LogP contribution in [0.3, 0.4) is 0 Å². The largest absolute Gasteiger partial charge is 0.379 e. The van der Waals surface area contributed by atoms with E-state index in [-0.39, 0.29) is 0 Å². The number of aryl methyl sites for hydroxylation is 1. The molecule has 2 rings (SSSR count). The van der Waals surface area contributed by atoms with Gasteiger partial charge in [-0.15, -0.1) is 5.10 Å². The molecule has 19 heavy (non-hydrogen) atoms. The molecule has 0 aliphatic heterocycles. The molecule has 0 aliphatic rings. The highest BCUT2D eigenvalue weighted by molar-refractivity contribution is 9.10. The molecular weight excluding hydrogens is 306 g/mol. The third-order valence-electron chi connectivity index (χ3n) is 3.29. The van der Waals surface area contributed by atoms with Gasteiger partial charge in [0.05, 0.1) is 11.9 Å². The number of aliphatic hydroxyl groups is 1. The van der Waals surface area contributed by atoms with Gasteiger partial charge >= 0.3 is 0 Å². The SMILES string of the molecule is CCCn1nncc1C(O)(CC)c1cccc(Br)c1. The van der Waals surface area contributed by atoms with Crippen LogP contribution in [0.25, 0.3) is 0 Å². The molecule has 1 unspecified atom stereocenters. The Bertz CT molecular complexity index is 555. The first kappa shape index (κ1) is 14.2. The third-order valence-corrected chi connectivity index (χ3v) is 3.78. The van der Waals surface area contributed by atoms with Crippen molar-refractivity contribution in [2.75, 3.05) is 0 Å². The van der Waals surface area contributed by atoms with Crippen LogP contribution < -0.4 is 0 Å². The molecule has 0 aliphatic carbocycles. The van der Waals surface area contributed by atoms with Gasteiger partial charge in [0.2, 0.25) is 0 Å². The molecule has 102 valence electrons. The summed E-state index contributed by atoms with van der Waals surface area (Å²) in [6, 6.07) is 7.74. The quantitative estimate of drug-likeness (QED) is 0.919. The van der Waals surface area contributed by atoms with Gasteiger partial charge in [0.1, 0.15) is 5.60 Å². The van der Waals surface area contributed by atoms with Crippen LogP contribution in [-0.4, -0.2) is 20.1 Å². The lowest BCUT2D eigenvalue weighted by Crippen LogP contribution is -2.30. The summed E-state index contributed by atoms with van der Waals surface area (Å²) in [6.07, 6.45) is 3.18. The number of hydrogen-bond donors (Lipinski definition) is 1. The average Bonchev–Trinajstić information content (AvgIpc) is 2.87. The first-order chi connectivity index (χ1) is 9.11. The van der Waals surface area contributed by atoms with Crippen molar-refractivity contribution in [1.82, 2.24) is 15.0 Å². The molecule has 0 saturated heterocycles. The molecule has 1 atom stereocenters. The zero-order chi connectivity index (χ0) is 13.9. The van der Waals surface area contributed by atoms with Crippen LogP contribution >= 0.6 is 15.9 Å². The second kappa shape index (κ2) is 5.84. The number of hydrogen-bond acceptors (Lipinski definition) is 3. The van der Waals surface area contributed by atoms with E-state index in [2.05, 4.69) is 33.2 Å². The molecule has 1 N–H and O–H groups in total. The van der Waals surface area contributed by atoms with E-state index in [1.807, 2.05) is 31.2 Å². The highest BCUT2D eigenvalue weighted by Crippen LogP contribution is 2.33. The molecule has 0 saturated carbocycles. The minimum absolute atomic E-state index is 0.570. The first-order valence-corrected chi connectivity index (χ1v) is 7.28. The van der Waals surface area contributed by atoms with Crippen molar-refractivity contribution in [3.05, 3.63) is 46.2 Å². The Hall–Kier alpha value is -1.20. The molecule has 0 fully saturated rings. The highest BCUT2D eigenvalue weighted by Gasteiger charge is 2.33. The van der Waals surface area contributed by atoms with E-state index >= 15 is 0 Å². The average molecular weight is 324 g/mol. The van der Waals surface area contributed by atoms with Crippen LogP contribution in [0.1, 0.15) is 37.9 Å². The molecule has 1 aromatic carbocycles. The van der Waals surface area contributed by atoms with Gasteiger partial charge in [0, 0.05) is 11.0 Å². The Morgan fingerprint density at radius 2 is 2.16 bits per heavy atom. The van der Waals surface area contributed by atoms with Gasteiger partial charge in [-0.3, -0.25) is 0 Å². The van der Waals surface area contributed by atoms with Crippen LogP contribution in [0.15, 0.2) is 34.9 Å². The molecule has 4 nitrogen and oxygen atoms in total. The van der Waals surface area contributed by atoms with E-state index in [0.717, 1.165) is 28.7 Å². The lowest BCUT2D eigenvalue weighted by Gasteiger charge is -2.27. The zero-order valence-corrected chi connectivity index (χ0v) is 12.8. The fraction of sp³-hybridized carbons (Fsp3) is 0.429. The van der Waals surface area contributed by atoms with E-state index in [4.69, 9.17) is 0 Å². The lowest BCUT2D eigenvalue weighted by atomic mass is 9.88. The predicted octanol–water partition coefficient (Wildman–Crippen LogP) is 3.10. The van der Waals surface area contributed by atoms with Gasteiger partial charge in [0.15, 0.2) is 0 Å². The number of benzene rings is 1. The van der Waals surface area contributed by atoms with Crippen molar-refractivity contribution >= 4 is 15.9 Å². The number of nitrogens with zero attached hydrogens (tertiary/aromatic N) is 3.